The molecule has 4 heteroatoms. The van der Waals surface area contributed by atoms with Crippen molar-refractivity contribution >= 4 is 0 Å². The summed E-state index contributed by atoms with van der Waals surface area (Å²) in [5, 5.41) is 4.54. The molecule has 25 heavy (non-hydrogen) atoms. The molecule has 1 aliphatic rings. The minimum Gasteiger partial charge on any atom is -0.326 e. The van der Waals surface area contributed by atoms with Crippen LogP contribution in [0.25, 0.3) is 5.69 Å². The molecular weight excluding hydrogens is 308 g/mol. The molecule has 2 aromatic carbocycles. The van der Waals surface area contributed by atoms with E-state index < -0.39 is 0 Å². The number of nitrogens with zero attached hydrogens (tertiary/aromatic N) is 3. The molecule has 0 spiro atoms. The predicted octanol–water partition coefficient (Wildman–Crippen LogP) is 3.11. The van der Waals surface area contributed by atoms with E-state index in [1.54, 1.807) is 0 Å². The molecular formula is C21H24N4. The van der Waals surface area contributed by atoms with Crippen LogP contribution in [0.15, 0.2) is 66.9 Å². The first kappa shape index (κ1) is 16.1. The molecule has 1 fully saturated rings. The van der Waals surface area contributed by atoms with Gasteiger partial charge < -0.3 is 5.73 Å². The number of aryl methyl sites for hydroxylation is 1. The third-order valence-corrected chi connectivity index (χ3v) is 5.12. The Morgan fingerprint density at radius 1 is 1.00 bits per heavy atom. The van der Waals surface area contributed by atoms with Crippen LogP contribution in [0.4, 0.5) is 0 Å². The average Bonchev–Trinajstić information content (AvgIpc) is 3.23. The lowest BCUT2D eigenvalue weighted by Gasteiger charge is -2.17. The van der Waals surface area contributed by atoms with Crippen molar-refractivity contribution in [1.29, 1.82) is 0 Å². The highest BCUT2D eigenvalue weighted by Gasteiger charge is 2.31. The first-order valence-corrected chi connectivity index (χ1v) is 8.84. The standard InChI is InChI=1S/C21H24N4/c1-16-7-5-6-10-21(16)25-18(11-12-23-25)13-24-14-19(20(22)15-24)17-8-3-2-4-9-17/h2-12,19-20H,13-15,22H2,1H3/t19-,20+/m0/s1. The van der Waals surface area contributed by atoms with E-state index in [0.717, 1.165) is 25.3 Å². The molecule has 1 aromatic heterocycles. The minimum atomic E-state index is 0.178. The molecule has 4 rings (SSSR count). The molecule has 2 N–H and O–H groups in total. The molecule has 2 heterocycles. The molecule has 0 unspecified atom stereocenters. The number of likely N-dealkylation sites (tertiary alicyclic amines) is 1. The SMILES string of the molecule is Cc1ccccc1-n1nccc1CN1C[C@@H](N)[C@H](c2ccccc2)C1. The molecule has 0 aliphatic carbocycles. The first-order chi connectivity index (χ1) is 12.2. The average molecular weight is 332 g/mol. The number of para-hydroxylation sites is 1. The van der Waals surface area contributed by atoms with E-state index in [4.69, 9.17) is 5.73 Å². The number of benzene rings is 2. The topological polar surface area (TPSA) is 47.1 Å². The van der Waals surface area contributed by atoms with E-state index in [0.29, 0.717) is 5.92 Å². The van der Waals surface area contributed by atoms with Gasteiger partial charge in [-0.1, -0.05) is 48.5 Å². The Bertz CT molecular complexity index is 840. The third kappa shape index (κ3) is 3.23. The Kier molecular flexibility index (Phi) is 4.38. The Balaban J connectivity index is 1.53. The summed E-state index contributed by atoms with van der Waals surface area (Å²) in [6.45, 7) is 4.89. The van der Waals surface area contributed by atoms with E-state index in [1.807, 2.05) is 6.20 Å². The zero-order valence-electron chi connectivity index (χ0n) is 14.5. The van der Waals surface area contributed by atoms with Crippen LogP contribution in [0.3, 0.4) is 0 Å². The van der Waals surface area contributed by atoms with Crippen LogP contribution in [-0.2, 0) is 6.54 Å². The molecule has 0 radical (unpaired) electrons. The van der Waals surface area contributed by atoms with Crippen LogP contribution in [0.2, 0.25) is 0 Å². The zero-order chi connectivity index (χ0) is 17.2. The maximum atomic E-state index is 6.44. The molecule has 128 valence electrons. The maximum Gasteiger partial charge on any atom is 0.0678 e. The summed E-state index contributed by atoms with van der Waals surface area (Å²) in [5.41, 5.74) is 11.4. The molecule has 3 aromatic rings. The monoisotopic (exact) mass is 332 g/mol. The number of hydrogen-bond donors (Lipinski definition) is 1. The fourth-order valence-electron chi connectivity index (χ4n) is 3.79. The highest BCUT2D eigenvalue weighted by atomic mass is 15.3. The Labute approximate surface area is 148 Å². The highest BCUT2D eigenvalue weighted by molar-refractivity contribution is 5.40. The third-order valence-electron chi connectivity index (χ3n) is 5.12. The van der Waals surface area contributed by atoms with E-state index in [2.05, 4.69) is 82.3 Å². The normalized spacial score (nSPS) is 20.9. The van der Waals surface area contributed by atoms with Crippen molar-refractivity contribution in [1.82, 2.24) is 14.7 Å². The van der Waals surface area contributed by atoms with Gasteiger partial charge in [-0.05, 0) is 30.2 Å². The van der Waals surface area contributed by atoms with E-state index in [9.17, 15) is 0 Å². The van der Waals surface area contributed by atoms with Crippen LogP contribution in [0.1, 0.15) is 22.7 Å². The summed E-state index contributed by atoms with van der Waals surface area (Å²) in [4.78, 5) is 2.44. The first-order valence-electron chi connectivity index (χ1n) is 8.84. The summed E-state index contributed by atoms with van der Waals surface area (Å²) in [6, 6.07) is 21.3. The maximum absolute atomic E-state index is 6.44. The van der Waals surface area contributed by atoms with Crippen molar-refractivity contribution in [2.24, 2.45) is 5.73 Å². The van der Waals surface area contributed by atoms with Gasteiger partial charge in [-0.3, -0.25) is 4.90 Å². The van der Waals surface area contributed by atoms with Gasteiger partial charge in [0.05, 0.1) is 11.4 Å². The van der Waals surface area contributed by atoms with Gasteiger partial charge in [0.25, 0.3) is 0 Å². The summed E-state index contributed by atoms with van der Waals surface area (Å²) in [5.74, 6) is 0.399. The molecule has 0 saturated carbocycles. The van der Waals surface area contributed by atoms with Gasteiger partial charge in [-0.15, -0.1) is 0 Å². The lowest BCUT2D eigenvalue weighted by atomic mass is 9.95. The van der Waals surface area contributed by atoms with Crippen molar-refractivity contribution < 1.29 is 0 Å². The Morgan fingerprint density at radius 2 is 1.76 bits per heavy atom. The summed E-state index contributed by atoms with van der Waals surface area (Å²) in [6.07, 6.45) is 1.88. The number of aromatic nitrogens is 2. The fraction of sp³-hybridized carbons (Fsp3) is 0.286. The van der Waals surface area contributed by atoms with Gasteiger partial charge in [0, 0.05) is 37.8 Å². The molecule has 1 saturated heterocycles. The second-order valence-electron chi connectivity index (χ2n) is 6.90. The second kappa shape index (κ2) is 6.82. The number of nitrogens with two attached hydrogens (primary N) is 1. The summed E-state index contributed by atoms with van der Waals surface area (Å²) >= 11 is 0. The zero-order valence-corrected chi connectivity index (χ0v) is 14.5. The minimum absolute atomic E-state index is 0.178. The van der Waals surface area contributed by atoms with Crippen LogP contribution in [-0.4, -0.2) is 33.8 Å². The molecule has 0 bridgehead atoms. The number of rotatable bonds is 4. The van der Waals surface area contributed by atoms with Crippen molar-refractivity contribution in [3.63, 3.8) is 0 Å². The Hall–Kier alpha value is -2.43. The van der Waals surface area contributed by atoms with Crippen molar-refractivity contribution in [2.75, 3.05) is 13.1 Å². The largest absolute Gasteiger partial charge is 0.326 e. The molecule has 0 amide bonds. The van der Waals surface area contributed by atoms with E-state index in [-0.39, 0.29) is 6.04 Å². The van der Waals surface area contributed by atoms with E-state index in [1.165, 1.54) is 16.8 Å². The van der Waals surface area contributed by atoms with Crippen molar-refractivity contribution in [3.05, 3.63) is 83.7 Å². The van der Waals surface area contributed by atoms with Crippen molar-refractivity contribution in [3.8, 4) is 5.69 Å². The summed E-state index contributed by atoms with van der Waals surface area (Å²) < 4.78 is 2.05. The van der Waals surface area contributed by atoms with Crippen LogP contribution >= 0.6 is 0 Å². The fourth-order valence-corrected chi connectivity index (χ4v) is 3.79. The molecule has 2 atom stereocenters. The lowest BCUT2D eigenvalue weighted by molar-refractivity contribution is 0.316. The quantitative estimate of drug-likeness (QED) is 0.798. The van der Waals surface area contributed by atoms with Crippen LogP contribution in [0, 0.1) is 6.92 Å². The lowest BCUT2D eigenvalue weighted by Crippen LogP contribution is -2.29. The van der Waals surface area contributed by atoms with Gasteiger partial charge in [-0.2, -0.15) is 5.10 Å². The van der Waals surface area contributed by atoms with Crippen molar-refractivity contribution in [2.45, 2.75) is 25.4 Å². The summed E-state index contributed by atoms with van der Waals surface area (Å²) in [7, 11) is 0. The molecule has 4 nitrogen and oxygen atoms in total. The van der Waals surface area contributed by atoms with Gasteiger partial charge in [0.15, 0.2) is 0 Å². The van der Waals surface area contributed by atoms with Crippen LogP contribution < -0.4 is 5.73 Å². The molecule has 1 aliphatic heterocycles. The predicted molar refractivity (Wildman–Crippen MR) is 101 cm³/mol. The van der Waals surface area contributed by atoms with Crippen LogP contribution in [0.5, 0.6) is 0 Å². The number of hydrogen-bond acceptors (Lipinski definition) is 3. The van der Waals surface area contributed by atoms with Gasteiger partial charge >= 0.3 is 0 Å². The highest BCUT2D eigenvalue weighted by Crippen LogP contribution is 2.27. The Morgan fingerprint density at radius 3 is 2.56 bits per heavy atom. The smallest absolute Gasteiger partial charge is 0.0678 e. The van der Waals surface area contributed by atoms with Gasteiger partial charge in [0.2, 0.25) is 0 Å². The van der Waals surface area contributed by atoms with Gasteiger partial charge in [0.1, 0.15) is 0 Å². The second-order valence-corrected chi connectivity index (χ2v) is 6.90. The van der Waals surface area contributed by atoms with E-state index >= 15 is 0 Å². The van der Waals surface area contributed by atoms with Gasteiger partial charge in [-0.25, -0.2) is 4.68 Å².